The molecule has 0 saturated carbocycles. The molecule has 0 aromatic carbocycles. The van der Waals surface area contributed by atoms with Crippen molar-refractivity contribution < 1.29 is 4.74 Å². The molecule has 0 rings (SSSR count). The summed E-state index contributed by atoms with van der Waals surface area (Å²) in [6.07, 6.45) is 13.7. The molecule has 0 N–H and O–H groups in total. The summed E-state index contributed by atoms with van der Waals surface area (Å²) in [5.74, 6) is 0. The van der Waals surface area contributed by atoms with Crippen molar-refractivity contribution in [2.24, 2.45) is 0 Å². The lowest BCUT2D eigenvalue weighted by molar-refractivity contribution is 0.252. The molecular weight excluding hydrogens is 215 g/mol. The van der Waals surface area contributed by atoms with E-state index in [1.54, 1.807) is 0 Å². The van der Waals surface area contributed by atoms with Crippen molar-refractivity contribution in [1.29, 1.82) is 0 Å². The molecule has 98 valence electrons. The molecule has 16 heavy (non-hydrogen) atoms. The van der Waals surface area contributed by atoms with Crippen LogP contribution < -0.4 is 0 Å². The van der Waals surface area contributed by atoms with Crippen molar-refractivity contribution >= 4 is 7.26 Å². The largest absolute Gasteiger partial charge is 0.350 e. The second-order valence-corrected chi connectivity index (χ2v) is 9.27. The fourth-order valence-electron chi connectivity index (χ4n) is 2.28. The molecular formula is C14H32OP+. The Morgan fingerprint density at radius 1 is 0.750 bits per heavy atom. The Hall–Kier alpha value is 0.390. The van der Waals surface area contributed by atoms with Gasteiger partial charge in [0, 0.05) is 14.4 Å². The van der Waals surface area contributed by atoms with Crippen molar-refractivity contribution in [1.82, 2.24) is 0 Å². The van der Waals surface area contributed by atoms with E-state index in [1.165, 1.54) is 57.0 Å². The van der Waals surface area contributed by atoms with Gasteiger partial charge in [0.15, 0.2) is 6.35 Å². The van der Waals surface area contributed by atoms with Crippen molar-refractivity contribution in [3.63, 3.8) is 0 Å². The quantitative estimate of drug-likeness (QED) is 0.466. The predicted molar refractivity (Wildman–Crippen MR) is 78.1 cm³/mol. The average molecular weight is 247 g/mol. The summed E-state index contributed by atoms with van der Waals surface area (Å²) in [5.41, 5.74) is 0. The molecule has 0 atom stereocenters. The lowest BCUT2D eigenvalue weighted by Gasteiger charge is -2.26. The number of rotatable bonds is 11. The van der Waals surface area contributed by atoms with Crippen molar-refractivity contribution in [3.05, 3.63) is 0 Å². The molecule has 0 aromatic rings. The van der Waals surface area contributed by atoms with Crippen LogP contribution in [0.5, 0.6) is 0 Å². The van der Waals surface area contributed by atoms with E-state index >= 15 is 0 Å². The Labute approximate surface area is 104 Å². The van der Waals surface area contributed by atoms with Gasteiger partial charge < -0.3 is 4.74 Å². The summed E-state index contributed by atoms with van der Waals surface area (Å²) in [4.78, 5) is 0. The topological polar surface area (TPSA) is 9.23 Å². The number of unbranched alkanes of at least 4 members (excludes halogenated alkanes) is 3. The van der Waals surface area contributed by atoms with Gasteiger partial charge in [0.1, 0.15) is 0 Å². The van der Waals surface area contributed by atoms with Crippen LogP contribution in [0.15, 0.2) is 0 Å². The molecule has 0 aromatic heterocycles. The van der Waals surface area contributed by atoms with E-state index in [9.17, 15) is 0 Å². The van der Waals surface area contributed by atoms with Gasteiger partial charge in [-0.05, 0) is 19.3 Å². The van der Waals surface area contributed by atoms with Crippen molar-refractivity contribution in [2.45, 2.75) is 59.3 Å². The Morgan fingerprint density at radius 2 is 1.12 bits per heavy atom. The standard InChI is InChI=1S/C14H32OP/c1-5-8-11-16(14-15-4,12-9-6-2)13-10-7-3/h5-14H2,1-4H3/q+1. The van der Waals surface area contributed by atoms with Gasteiger partial charge in [-0.1, -0.05) is 40.0 Å². The third-order valence-electron chi connectivity index (χ3n) is 3.36. The number of hydrogen-bond donors (Lipinski definition) is 0. The summed E-state index contributed by atoms with van der Waals surface area (Å²) in [6.45, 7) is 6.92. The van der Waals surface area contributed by atoms with Gasteiger partial charge in [0.05, 0.1) is 18.5 Å². The molecule has 0 unspecified atom stereocenters. The monoisotopic (exact) mass is 247 g/mol. The minimum Gasteiger partial charge on any atom is -0.350 e. The van der Waals surface area contributed by atoms with Gasteiger partial charge in [0.2, 0.25) is 0 Å². The Balaban J connectivity index is 4.32. The van der Waals surface area contributed by atoms with Crippen molar-refractivity contribution in [3.8, 4) is 0 Å². The van der Waals surface area contributed by atoms with Crippen LogP contribution in [0.3, 0.4) is 0 Å². The fraction of sp³-hybridized carbons (Fsp3) is 1.00. The molecule has 2 heteroatoms. The second kappa shape index (κ2) is 10.5. The predicted octanol–water partition coefficient (Wildman–Crippen LogP) is 5.01. The Morgan fingerprint density at radius 3 is 1.38 bits per heavy atom. The molecule has 0 saturated heterocycles. The zero-order chi connectivity index (χ0) is 12.3. The first kappa shape index (κ1) is 16.4. The molecule has 0 fully saturated rings. The Kier molecular flexibility index (Phi) is 10.8. The molecule has 0 aliphatic carbocycles. The maximum atomic E-state index is 5.55. The summed E-state index contributed by atoms with van der Waals surface area (Å²) in [5, 5.41) is 0. The average Bonchev–Trinajstić information content (AvgIpc) is 2.31. The molecule has 0 radical (unpaired) electrons. The number of methoxy groups -OCH3 is 1. The van der Waals surface area contributed by atoms with E-state index in [2.05, 4.69) is 20.8 Å². The van der Waals surface area contributed by atoms with E-state index < -0.39 is 7.26 Å². The Bertz CT molecular complexity index is 126. The zero-order valence-corrected chi connectivity index (χ0v) is 12.8. The van der Waals surface area contributed by atoms with Gasteiger partial charge in [-0.2, -0.15) is 0 Å². The van der Waals surface area contributed by atoms with Gasteiger partial charge in [-0.3, -0.25) is 0 Å². The highest BCUT2D eigenvalue weighted by Gasteiger charge is 2.35. The van der Waals surface area contributed by atoms with Crippen molar-refractivity contribution in [2.75, 3.05) is 31.9 Å². The lowest BCUT2D eigenvalue weighted by Crippen LogP contribution is -2.13. The first-order valence-electron chi connectivity index (χ1n) is 7.08. The SMILES string of the molecule is CCCC[P+](CCCC)(CCCC)COC. The maximum absolute atomic E-state index is 5.55. The summed E-state index contributed by atoms with van der Waals surface area (Å²) >= 11 is 0. The van der Waals surface area contributed by atoms with E-state index in [4.69, 9.17) is 4.74 Å². The normalized spacial score (nSPS) is 12.0. The van der Waals surface area contributed by atoms with E-state index in [0.29, 0.717) is 0 Å². The minimum absolute atomic E-state index is 0.768. The molecule has 0 aliphatic rings. The van der Waals surface area contributed by atoms with E-state index in [1.807, 2.05) is 7.11 Å². The third-order valence-corrected chi connectivity index (χ3v) is 7.96. The van der Waals surface area contributed by atoms with Crippen LogP contribution in [0.2, 0.25) is 0 Å². The highest BCUT2D eigenvalue weighted by molar-refractivity contribution is 7.75. The van der Waals surface area contributed by atoms with E-state index in [-0.39, 0.29) is 0 Å². The summed E-state index contributed by atoms with van der Waals surface area (Å²) in [7, 11) is 1.12. The number of ether oxygens (including phenoxy) is 1. The van der Waals surface area contributed by atoms with Gasteiger partial charge in [-0.25, -0.2) is 0 Å². The van der Waals surface area contributed by atoms with Crippen LogP contribution in [-0.4, -0.2) is 31.9 Å². The molecule has 0 heterocycles. The van der Waals surface area contributed by atoms with Gasteiger partial charge in [-0.15, -0.1) is 0 Å². The maximum Gasteiger partial charge on any atom is 0.156 e. The molecule has 0 spiro atoms. The van der Waals surface area contributed by atoms with Crippen LogP contribution in [0.1, 0.15) is 59.3 Å². The van der Waals surface area contributed by atoms with Gasteiger partial charge >= 0.3 is 0 Å². The molecule has 0 aliphatic heterocycles. The third kappa shape index (κ3) is 6.86. The second-order valence-electron chi connectivity index (χ2n) is 4.99. The fourth-order valence-corrected chi connectivity index (χ4v) is 6.85. The smallest absolute Gasteiger partial charge is 0.156 e. The first-order chi connectivity index (χ1) is 7.74. The molecule has 1 nitrogen and oxygen atoms in total. The molecule has 0 bridgehead atoms. The summed E-state index contributed by atoms with van der Waals surface area (Å²) < 4.78 is 5.55. The summed E-state index contributed by atoms with van der Waals surface area (Å²) in [6, 6.07) is 0. The van der Waals surface area contributed by atoms with Crippen LogP contribution in [-0.2, 0) is 4.74 Å². The first-order valence-corrected chi connectivity index (χ1v) is 9.61. The van der Waals surface area contributed by atoms with Crippen LogP contribution >= 0.6 is 7.26 Å². The van der Waals surface area contributed by atoms with E-state index in [0.717, 1.165) is 6.35 Å². The van der Waals surface area contributed by atoms with Gasteiger partial charge in [0.25, 0.3) is 0 Å². The minimum atomic E-state index is -0.768. The van der Waals surface area contributed by atoms with Crippen LogP contribution in [0.4, 0.5) is 0 Å². The number of hydrogen-bond acceptors (Lipinski definition) is 1. The highest BCUT2D eigenvalue weighted by atomic mass is 31.2. The zero-order valence-electron chi connectivity index (χ0n) is 11.9. The lowest BCUT2D eigenvalue weighted by atomic mass is 10.4. The molecule has 0 amide bonds. The highest BCUT2D eigenvalue weighted by Crippen LogP contribution is 2.60. The van der Waals surface area contributed by atoms with Crippen LogP contribution in [0, 0.1) is 0 Å². The van der Waals surface area contributed by atoms with Crippen LogP contribution in [0.25, 0.3) is 0 Å².